The Kier molecular flexibility index (Phi) is 3.64. The number of hydrogen-bond acceptors (Lipinski definition) is 3. The Morgan fingerprint density at radius 3 is 3.12 bits per heavy atom. The van der Waals surface area contributed by atoms with Gasteiger partial charge < -0.3 is 10.6 Å². The highest BCUT2D eigenvalue weighted by Gasteiger charge is 2.34. The van der Waals surface area contributed by atoms with Crippen molar-refractivity contribution in [2.24, 2.45) is 5.41 Å². The summed E-state index contributed by atoms with van der Waals surface area (Å²) in [5.74, 6) is 0.508. The molecule has 2 heterocycles. The molecule has 5 heteroatoms. The number of rotatable bonds is 2. The molecule has 17 heavy (non-hydrogen) atoms. The van der Waals surface area contributed by atoms with Gasteiger partial charge in [-0.05, 0) is 38.4 Å². The molecule has 1 aromatic heterocycles. The number of anilines is 1. The van der Waals surface area contributed by atoms with Crippen molar-refractivity contribution in [2.75, 3.05) is 18.4 Å². The van der Waals surface area contributed by atoms with Crippen molar-refractivity contribution >= 4 is 23.3 Å². The SMILES string of the molecule is CC1(C(=O)Nc2cc(Cl)ccn2)CCCNC1. The minimum atomic E-state index is -0.359. The van der Waals surface area contributed by atoms with Crippen LogP contribution in [0.4, 0.5) is 5.82 Å². The van der Waals surface area contributed by atoms with Crippen LogP contribution in [-0.4, -0.2) is 24.0 Å². The zero-order chi connectivity index (χ0) is 12.3. The minimum absolute atomic E-state index is 0.000494. The molecule has 4 nitrogen and oxygen atoms in total. The van der Waals surface area contributed by atoms with Gasteiger partial charge in [0.1, 0.15) is 5.82 Å². The predicted octanol–water partition coefficient (Wildman–Crippen LogP) is 2.06. The maximum Gasteiger partial charge on any atom is 0.232 e. The number of carbonyl (C=O) groups is 1. The lowest BCUT2D eigenvalue weighted by Crippen LogP contribution is -2.46. The van der Waals surface area contributed by atoms with Crippen molar-refractivity contribution in [3.05, 3.63) is 23.4 Å². The molecule has 0 aromatic carbocycles. The number of carbonyl (C=O) groups excluding carboxylic acids is 1. The van der Waals surface area contributed by atoms with Gasteiger partial charge in [-0.15, -0.1) is 0 Å². The molecule has 1 aliphatic heterocycles. The lowest BCUT2D eigenvalue weighted by Gasteiger charge is -2.32. The van der Waals surface area contributed by atoms with Crippen LogP contribution in [0.3, 0.4) is 0 Å². The first-order chi connectivity index (χ1) is 8.10. The predicted molar refractivity (Wildman–Crippen MR) is 68.1 cm³/mol. The van der Waals surface area contributed by atoms with Crippen molar-refractivity contribution < 1.29 is 4.79 Å². The van der Waals surface area contributed by atoms with E-state index in [0.717, 1.165) is 19.4 Å². The summed E-state index contributed by atoms with van der Waals surface area (Å²) in [5.41, 5.74) is -0.359. The van der Waals surface area contributed by atoms with Crippen molar-refractivity contribution in [1.29, 1.82) is 0 Å². The van der Waals surface area contributed by atoms with Gasteiger partial charge >= 0.3 is 0 Å². The summed E-state index contributed by atoms with van der Waals surface area (Å²) in [4.78, 5) is 16.2. The Morgan fingerprint density at radius 1 is 1.65 bits per heavy atom. The normalized spacial score (nSPS) is 24.4. The van der Waals surface area contributed by atoms with Gasteiger partial charge in [-0.3, -0.25) is 4.79 Å². The first-order valence-electron chi connectivity index (χ1n) is 5.74. The molecule has 0 aliphatic carbocycles. The smallest absolute Gasteiger partial charge is 0.232 e. The van der Waals surface area contributed by atoms with Crippen LogP contribution in [0.2, 0.25) is 5.02 Å². The maximum atomic E-state index is 12.2. The van der Waals surface area contributed by atoms with Crippen LogP contribution in [0.25, 0.3) is 0 Å². The monoisotopic (exact) mass is 253 g/mol. The molecular formula is C12H16ClN3O. The van der Waals surface area contributed by atoms with Crippen LogP contribution in [0.5, 0.6) is 0 Å². The fraction of sp³-hybridized carbons (Fsp3) is 0.500. The second-order valence-electron chi connectivity index (χ2n) is 4.65. The maximum absolute atomic E-state index is 12.2. The topological polar surface area (TPSA) is 54.0 Å². The summed E-state index contributed by atoms with van der Waals surface area (Å²) in [7, 11) is 0. The minimum Gasteiger partial charge on any atom is -0.316 e. The first-order valence-corrected chi connectivity index (χ1v) is 6.12. The molecule has 0 radical (unpaired) electrons. The van der Waals surface area contributed by atoms with Crippen molar-refractivity contribution in [3.8, 4) is 0 Å². The van der Waals surface area contributed by atoms with Crippen LogP contribution < -0.4 is 10.6 Å². The third-order valence-electron chi connectivity index (χ3n) is 3.11. The Balaban J connectivity index is 2.05. The van der Waals surface area contributed by atoms with Crippen LogP contribution in [0.15, 0.2) is 18.3 Å². The summed E-state index contributed by atoms with van der Waals surface area (Å²) in [5, 5.41) is 6.64. The molecule has 0 saturated carbocycles. The third kappa shape index (κ3) is 2.96. The number of nitrogens with one attached hydrogen (secondary N) is 2. The molecule has 1 fully saturated rings. The van der Waals surface area contributed by atoms with Crippen LogP contribution in [-0.2, 0) is 4.79 Å². The Hall–Kier alpha value is -1.13. The number of amides is 1. The highest BCUT2D eigenvalue weighted by molar-refractivity contribution is 6.30. The second-order valence-corrected chi connectivity index (χ2v) is 5.09. The van der Waals surface area contributed by atoms with Gasteiger partial charge in [-0.1, -0.05) is 11.6 Å². The molecule has 1 aromatic rings. The molecule has 1 saturated heterocycles. The number of piperidine rings is 1. The number of pyridine rings is 1. The molecule has 0 bridgehead atoms. The van der Waals surface area contributed by atoms with Crippen molar-refractivity contribution in [2.45, 2.75) is 19.8 Å². The van der Waals surface area contributed by atoms with Crippen molar-refractivity contribution in [3.63, 3.8) is 0 Å². The van der Waals surface area contributed by atoms with E-state index in [1.807, 2.05) is 6.92 Å². The summed E-state index contributed by atoms with van der Waals surface area (Å²) in [6.45, 7) is 3.66. The Labute approximate surface area is 106 Å². The Bertz CT molecular complexity index is 416. The molecule has 2 N–H and O–H groups in total. The van der Waals surface area contributed by atoms with E-state index in [9.17, 15) is 4.79 Å². The van der Waals surface area contributed by atoms with Crippen LogP contribution in [0, 0.1) is 5.41 Å². The van der Waals surface area contributed by atoms with Gasteiger partial charge in [-0.25, -0.2) is 4.98 Å². The van der Waals surface area contributed by atoms with Crippen LogP contribution in [0.1, 0.15) is 19.8 Å². The second kappa shape index (κ2) is 5.02. The molecule has 0 spiro atoms. The largest absolute Gasteiger partial charge is 0.316 e. The molecule has 2 rings (SSSR count). The van der Waals surface area contributed by atoms with E-state index in [1.54, 1.807) is 18.3 Å². The van der Waals surface area contributed by atoms with E-state index in [0.29, 0.717) is 17.4 Å². The number of nitrogens with zero attached hydrogens (tertiary/aromatic N) is 1. The quantitative estimate of drug-likeness (QED) is 0.848. The number of hydrogen-bond donors (Lipinski definition) is 2. The molecule has 1 aliphatic rings. The average molecular weight is 254 g/mol. The van der Waals surface area contributed by atoms with E-state index in [2.05, 4.69) is 15.6 Å². The van der Waals surface area contributed by atoms with Gasteiger partial charge in [0.15, 0.2) is 0 Å². The fourth-order valence-electron chi connectivity index (χ4n) is 1.99. The summed E-state index contributed by atoms with van der Waals surface area (Å²) < 4.78 is 0. The standard InChI is InChI=1S/C12H16ClN3O/c1-12(4-2-5-14-8-12)11(17)16-10-7-9(13)3-6-15-10/h3,6-7,14H,2,4-5,8H2,1H3,(H,15,16,17). The zero-order valence-corrected chi connectivity index (χ0v) is 10.5. The number of aromatic nitrogens is 1. The molecule has 1 amide bonds. The van der Waals surface area contributed by atoms with Gasteiger partial charge in [-0.2, -0.15) is 0 Å². The highest BCUT2D eigenvalue weighted by atomic mass is 35.5. The molecular weight excluding hydrogens is 238 g/mol. The van der Waals surface area contributed by atoms with E-state index in [1.165, 1.54) is 0 Å². The molecule has 92 valence electrons. The number of halogens is 1. The van der Waals surface area contributed by atoms with E-state index < -0.39 is 0 Å². The van der Waals surface area contributed by atoms with Gasteiger partial charge in [0.2, 0.25) is 5.91 Å². The fourth-order valence-corrected chi connectivity index (χ4v) is 2.15. The third-order valence-corrected chi connectivity index (χ3v) is 3.34. The van der Waals surface area contributed by atoms with E-state index >= 15 is 0 Å². The van der Waals surface area contributed by atoms with Gasteiger partial charge in [0.25, 0.3) is 0 Å². The Morgan fingerprint density at radius 2 is 2.47 bits per heavy atom. The van der Waals surface area contributed by atoms with E-state index in [4.69, 9.17) is 11.6 Å². The zero-order valence-electron chi connectivity index (χ0n) is 9.79. The molecule has 1 atom stereocenters. The van der Waals surface area contributed by atoms with Crippen LogP contribution >= 0.6 is 11.6 Å². The lowest BCUT2D eigenvalue weighted by atomic mass is 9.82. The first kappa shape index (κ1) is 12.3. The van der Waals surface area contributed by atoms with Gasteiger partial charge in [0, 0.05) is 17.8 Å². The molecule has 1 unspecified atom stereocenters. The summed E-state index contributed by atoms with van der Waals surface area (Å²) >= 11 is 5.85. The van der Waals surface area contributed by atoms with E-state index in [-0.39, 0.29) is 11.3 Å². The van der Waals surface area contributed by atoms with Gasteiger partial charge in [0.05, 0.1) is 5.41 Å². The summed E-state index contributed by atoms with van der Waals surface area (Å²) in [6.07, 6.45) is 3.50. The average Bonchev–Trinajstić information content (AvgIpc) is 2.30. The summed E-state index contributed by atoms with van der Waals surface area (Å²) in [6, 6.07) is 3.33. The highest BCUT2D eigenvalue weighted by Crippen LogP contribution is 2.27. The lowest BCUT2D eigenvalue weighted by molar-refractivity contribution is -0.125. The van der Waals surface area contributed by atoms with Crippen molar-refractivity contribution in [1.82, 2.24) is 10.3 Å².